The fourth-order valence-electron chi connectivity index (χ4n) is 0.782. The zero-order valence-corrected chi connectivity index (χ0v) is 8.63. The van der Waals surface area contributed by atoms with Gasteiger partial charge in [-0.25, -0.2) is 0 Å². The summed E-state index contributed by atoms with van der Waals surface area (Å²) >= 11 is 12.6. The van der Waals surface area contributed by atoms with Gasteiger partial charge in [-0.3, -0.25) is 4.79 Å². The summed E-state index contributed by atoms with van der Waals surface area (Å²) in [4.78, 5) is 11.8. The zero-order valence-electron chi connectivity index (χ0n) is 6.30. The molecule has 0 bridgehead atoms. The predicted octanol–water partition coefficient (Wildman–Crippen LogP) is 3.44. The number of hydrogen-bond donors (Lipinski definition) is 0. The molecule has 0 saturated carbocycles. The molecule has 12 heavy (non-hydrogen) atoms. The summed E-state index contributed by atoms with van der Waals surface area (Å²) in [5, 5.41) is -0.122. The fourth-order valence-corrected chi connectivity index (χ4v) is 1.63. The van der Waals surface area contributed by atoms with Gasteiger partial charge in [0, 0.05) is 4.90 Å². The van der Waals surface area contributed by atoms with E-state index in [1.165, 1.54) is 11.8 Å². The van der Waals surface area contributed by atoms with Crippen LogP contribution in [0.3, 0.4) is 0 Å². The first kappa shape index (κ1) is 9.90. The smallest absolute Gasteiger partial charge is 0.253 e. The lowest BCUT2D eigenvalue weighted by molar-refractivity contribution is 0.108. The van der Waals surface area contributed by atoms with E-state index < -0.39 is 5.24 Å². The van der Waals surface area contributed by atoms with E-state index in [-0.39, 0.29) is 0 Å². The van der Waals surface area contributed by atoms with Crippen LogP contribution in [0, 0.1) is 0 Å². The molecule has 0 saturated heterocycles. The van der Waals surface area contributed by atoms with Gasteiger partial charge in [0.2, 0.25) is 0 Å². The van der Waals surface area contributed by atoms with E-state index in [2.05, 4.69) is 0 Å². The van der Waals surface area contributed by atoms with Crippen molar-refractivity contribution in [2.75, 3.05) is 6.26 Å². The second kappa shape index (κ2) is 4.17. The number of hydrogen-bond acceptors (Lipinski definition) is 2. The third-order valence-electron chi connectivity index (χ3n) is 1.39. The molecule has 0 aliphatic rings. The first-order chi connectivity index (χ1) is 5.65. The second-order valence-corrected chi connectivity index (χ2v) is 3.75. The Morgan fingerprint density at radius 2 is 2.17 bits per heavy atom. The molecule has 0 fully saturated rings. The van der Waals surface area contributed by atoms with Gasteiger partial charge in [0.25, 0.3) is 5.24 Å². The van der Waals surface area contributed by atoms with Crippen LogP contribution in [0.2, 0.25) is 5.02 Å². The lowest BCUT2D eigenvalue weighted by Crippen LogP contribution is -1.90. The molecule has 0 unspecified atom stereocenters. The molecule has 0 aliphatic heterocycles. The van der Waals surface area contributed by atoms with Crippen molar-refractivity contribution in [3.8, 4) is 0 Å². The Kier molecular flexibility index (Phi) is 3.44. The first-order valence-corrected chi connectivity index (χ1v) is 5.16. The zero-order chi connectivity index (χ0) is 9.14. The van der Waals surface area contributed by atoms with Crippen molar-refractivity contribution in [3.63, 3.8) is 0 Å². The maximum absolute atomic E-state index is 10.8. The Morgan fingerprint density at radius 1 is 1.50 bits per heavy atom. The largest absolute Gasteiger partial charge is 0.276 e. The monoisotopic (exact) mass is 220 g/mol. The minimum Gasteiger partial charge on any atom is -0.276 e. The average Bonchev–Trinajstić information content (AvgIpc) is 2.05. The van der Waals surface area contributed by atoms with Gasteiger partial charge in [0.15, 0.2) is 0 Å². The van der Waals surface area contributed by atoms with Gasteiger partial charge < -0.3 is 0 Å². The minimum atomic E-state index is -0.518. The molecule has 0 aliphatic carbocycles. The number of rotatable bonds is 2. The van der Waals surface area contributed by atoms with Crippen molar-refractivity contribution >= 4 is 40.2 Å². The van der Waals surface area contributed by atoms with Crippen LogP contribution in [0.4, 0.5) is 0 Å². The molecule has 1 nitrogen and oxygen atoms in total. The third-order valence-corrected chi connectivity index (χ3v) is 2.64. The summed E-state index contributed by atoms with van der Waals surface area (Å²) < 4.78 is 0. The van der Waals surface area contributed by atoms with E-state index in [1.54, 1.807) is 12.1 Å². The average molecular weight is 221 g/mol. The molecule has 0 aromatic heterocycles. The van der Waals surface area contributed by atoms with Crippen LogP contribution in [0.5, 0.6) is 0 Å². The predicted molar refractivity (Wildman–Crippen MR) is 53.4 cm³/mol. The molecule has 0 radical (unpaired) electrons. The van der Waals surface area contributed by atoms with E-state index in [0.717, 1.165) is 4.90 Å². The number of halogens is 2. The summed E-state index contributed by atoms with van der Waals surface area (Å²) in [6, 6.07) is 5.20. The highest BCUT2D eigenvalue weighted by molar-refractivity contribution is 7.98. The molecule has 1 rings (SSSR count). The van der Waals surface area contributed by atoms with Gasteiger partial charge in [-0.2, -0.15) is 0 Å². The normalized spacial score (nSPS) is 9.92. The number of thioether (sulfide) groups is 1. The van der Waals surface area contributed by atoms with Gasteiger partial charge in [-0.05, 0) is 36.1 Å². The number of benzene rings is 1. The summed E-state index contributed by atoms with van der Waals surface area (Å²) in [5.74, 6) is 0. The van der Waals surface area contributed by atoms with Crippen LogP contribution in [0.1, 0.15) is 10.4 Å². The van der Waals surface area contributed by atoms with Gasteiger partial charge >= 0.3 is 0 Å². The molecule has 64 valence electrons. The molecule has 0 amide bonds. The molecular weight excluding hydrogens is 215 g/mol. The van der Waals surface area contributed by atoms with Gasteiger partial charge in [-0.15, -0.1) is 11.8 Å². The van der Waals surface area contributed by atoms with Crippen LogP contribution in [-0.2, 0) is 0 Å². The lowest BCUT2D eigenvalue weighted by Gasteiger charge is -2.00. The summed E-state index contributed by atoms with van der Waals surface area (Å²) in [7, 11) is 0. The van der Waals surface area contributed by atoms with Crippen LogP contribution >= 0.6 is 35.0 Å². The molecule has 1 aromatic carbocycles. The van der Waals surface area contributed by atoms with Gasteiger partial charge in [-0.1, -0.05) is 11.6 Å². The van der Waals surface area contributed by atoms with E-state index >= 15 is 0 Å². The first-order valence-electron chi connectivity index (χ1n) is 3.18. The molecule has 0 spiro atoms. The molecule has 1 aromatic rings. The van der Waals surface area contributed by atoms with Crippen LogP contribution in [-0.4, -0.2) is 11.5 Å². The SMILES string of the molecule is CSc1ccc(Cl)c(C(=O)Cl)c1. The van der Waals surface area contributed by atoms with Crippen molar-refractivity contribution in [2.24, 2.45) is 0 Å². The highest BCUT2D eigenvalue weighted by Gasteiger charge is 2.07. The maximum atomic E-state index is 10.8. The van der Waals surface area contributed by atoms with Crippen molar-refractivity contribution < 1.29 is 4.79 Å². The van der Waals surface area contributed by atoms with Crippen molar-refractivity contribution in [1.29, 1.82) is 0 Å². The topological polar surface area (TPSA) is 17.1 Å². The quantitative estimate of drug-likeness (QED) is 0.562. The Hall–Kier alpha value is -0.180. The Balaban J connectivity index is 3.17. The second-order valence-electron chi connectivity index (χ2n) is 2.12. The molecule has 0 heterocycles. The third kappa shape index (κ3) is 2.16. The highest BCUT2D eigenvalue weighted by Crippen LogP contribution is 2.23. The van der Waals surface area contributed by atoms with E-state index in [0.29, 0.717) is 10.6 Å². The summed E-state index contributed by atoms with van der Waals surface area (Å²) in [5.41, 5.74) is 0.366. The van der Waals surface area contributed by atoms with Crippen molar-refractivity contribution in [3.05, 3.63) is 28.8 Å². The summed E-state index contributed by atoms with van der Waals surface area (Å²) in [6.07, 6.45) is 1.92. The highest BCUT2D eigenvalue weighted by atomic mass is 35.5. The maximum Gasteiger partial charge on any atom is 0.253 e. The molecule has 0 N–H and O–H groups in total. The molecular formula is C8H6Cl2OS. The summed E-state index contributed by atoms with van der Waals surface area (Å²) in [6.45, 7) is 0. The Morgan fingerprint density at radius 3 is 2.67 bits per heavy atom. The van der Waals surface area contributed by atoms with Crippen molar-refractivity contribution in [2.45, 2.75) is 4.90 Å². The molecule has 0 atom stereocenters. The van der Waals surface area contributed by atoms with Gasteiger partial charge in [0.1, 0.15) is 0 Å². The lowest BCUT2D eigenvalue weighted by atomic mass is 10.2. The van der Waals surface area contributed by atoms with E-state index in [1.807, 2.05) is 12.3 Å². The Labute approximate surface area is 85.1 Å². The van der Waals surface area contributed by atoms with Crippen molar-refractivity contribution in [1.82, 2.24) is 0 Å². The molecule has 4 heteroatoms. The minimum absolute atomic E-state index is 0.366. The standard InChI is InChI=1S/C8H6Cl2OS/c1-12-5-2-3-7(9)6(4-5)8(10)11/h2-4H,1H3. The van der Waals surface area contributed by atoms with E-state index in [9.17, 15) is 4.79 Å². The number of carbonyl (C=O) groups excluding carboxylic acids is 1. The van der Waals surface area contributed by atoms with E-state index in [4.69, 9.17) is 23.2 Å². The Bertz CT molecular complexity index is 312. The van der Waals surface area contributed by atoms with Gasteiger partial charge in [0.05, 0.1) is 10.6 Å². The fraction of sp³-hybridized carbons (Fsp3) is 0.125. The number of carbonyl (C=O) groups is 1. The van der Waals surface area contributed by atoms with Crippen LogP contribution in [0.15, 0.2) is 23.1 Å². The van der Waals surface area contributed by atoms with Crippen LogP contribution in [0.25, 0.3) is 0 Å². The van der Waals surface area contributed by atoms with Crippen LogP contribution < -0.4 is 0 Å².